The molecule has 4 nitrogen and oxygen atoms in total. The van der Waals surface area contributed by atoms with Crippen molar-refractivity contribution in [1.29, 1.82) is 0 Å². The van der Waals surface area contributed by atoms with Crippen LogP contribution < -0.4 is 0 Å². The molecule has 2 aliphatic rings. The molecule has 0 aromatic heterocycles. The van der Waals surface area contributed by atoms with Gasteiger partial charge < -0.3 is 9.74 Å². The average molecular weight is 300 g/mol. The molecule has 118 valence electrons. The summed E-state index contributed by atoms with van der Waals surface area (Å²) in [4.78, 5) is 20.2. The van der Waals surface area contributed by atoms with Gasteiger partial charge in [-0.15, -0.1) is 0 Å². The number of aryl methyl sites for hydroxylation is 1. The van der Waals surface area contributed by atoms with Gasteiger partial charge in [0.15, 0.2) is 0 Å². The lowest BCUT2D eigenvalue weighted by Crippen LogP contribution is -2.47. The van der Waals surface area contributed by atoms with E-state index in [2.05, 4.69) is 19.0 Å². The number of piperidine rings is 1. The maximum absolute atomic E-state index is 12.5. The largest absolute Gasteiger partial charge is 0.389 e. The second kappa shape index (κ2) is 5.75. The fourth-order valence-corrected chi connectivity index (χ4v) is 3.12. The number of likely N-dealkylation sites (tertiary alicyclic amines) is 1. The maximum Gasteiger partial charge on any atom is 0.253 e. The lowest BCUT2D eigenvalue weighted by molar-refractivity contribution is -0.0568. The van der Waals surface area contributed by atoms with E-state index >= 15 is 0 Å². The minimum Gasteiger partial charge on any atom is -0.389 e. The zero-order valence-electron chi connectivity index (χ0n) is 13.6. The van der Waals surface area contributed by atoms with E-state index in [0.717, 1.165) is 43.6 Å². The maximum atomic E-state index is 12.5. The quantitative estimate of drug-likeness (QED) is 0.840. The van der Waals surface area contributed by atoms with Crippen molar-refractivity contribution in [3.8, 4) is 0 Å². The van der Waals surface area contributed by atoms with Crippen LogP contribution in [0.5, 0.6) is 0 Å². The third-order valence-corrected chi connectivity index (χ3v) is 4.79. The highest BCUT2D eigenvalue weighted by atomic mass is 16.7. The van der Waals surface area contributed by atoms with Crippen molar-refractivity contribution in [2.24, 2.45) is 11.1 Å². The van der Waals surface area contributed by atoms with Crippen LogP contribution in [0.1, 0.15) is 49.0 Å². The van der Waals surface area contributed by atoms with E-state index in [4.69, 9.17) is 4.84 Å². The smallest absolute Gasteiger partial charge is 0.253 e. The van der Waals surface area contributed by atoms with Crippen LogP contribution in [0.3, 0.4) is 0 Å². The second-order valence-corrected chi connectivity index (χ2v) is 6.85. The Kier molecular flexibility index (Phi) is 3.94. The predicted octanol–water partition coefficient (Wildman–Crippen LogP) is 3.40. The summed E-state index contributed by atoms with van der Waals surface area (Å²) in [5.41, 5.74) is 2.93. The molecule has 1 aromatic carbocycles. The molecule has 1 saturated heterocycles. The van der Waals surface area contributed by atoms with Crippen molar-refractivity contribution >= 4 is 11.6 Å². The van der Waals surface area contributed by atoms with E-state index in [1.807, 2.05) is 36.1 Å². The van der Waals surface area contributed by atoms with E-state index in [9.17, 15) is 4.79 Å². The number of amides is 1. The van der Waals surface area contributed by atoms with Gasteiger partial charge in [-0.25, -0.2) is 0 Å². The first-order valence-corrected chi connectivity index (χ1v) is 8.10. The van der Waals surface area contributed by atoms with Crippen LogP contribution in [0.25, 0.3) is 0 Å². The zero-order chi connectivity index (χ0) is 15.7. The fraction of sp³-hybridized carbons (Fsp3) is 0.556. The van der Waals surface area contributed by atoms with Gasteiger partial charge in [-0.05, 0) is 25.0 Å². The monoisotopic (exact) mass is 300 g/mol. The summed E-state index contributed by atoms with van der Waals surface area (Å²) in [6.07, 6.45) is 2.64. The van der Waals surface area contributed by atoms with Crippen molar-refractivity contribution < 1.29 is 9.63 Å². The van der Waals surface area contributed by atoms with Gasteiger partial charge in [0.25, 0.3) is 5.91 Å². The molecule has 0 bridgehead atoms. The van der Waals surface area contributed by atoms with E-state index in [1.165, 1.54) is 5.56 Å². The van der Waals surface area contributed by atoms with Crippen LogP contribution in [0.15, 0.2) is 29.4 Å². The third kappa shape index (κ3) is 2.87. The molecule has 1 spiro atoms. The van der Waals surface area contributed by atoms with Gasteiger partial charge in [-0.2, -0.15) is 0 Å². The molecule has 0 atom stereocenters. The zero-order valence-corrected chi connectivity index (χ0v) is 13.6. The topological polar surface area (TPSA) is 41.9 Å². The molecule has 1 aromatic rings. The number of oxime groups is 1. The van der Waals surface area contributed by atoms with Gasteiger partial charge >= 0.3 is 0 Å². The normalized spacial score (nSPS) is 20.2. The lowest BCUT2D eigenvalue weighted by Gasteiger charge is -2.37. The summed E-state index contributed by atoms with van der Waals surface area (Å²) >= 11 is 0. The molecule has 0 N–H and O–H groups in total. The Morgan fingerprint density at radius 2 is 1.86 bits per heavy atom. The minimum absolute atomic E-state index is 0.123. The summed E-state index contributed by atoms with van der Waals surface area (Å²) in [5, 5.41) is 4.26. The lowest BCUT2D eigenvalue weighted by atomic mass is 9.84. The Morgan fingerprint density at radius 3 is 2.41 bits per heavy atom. The molecular weight excluding hydrogens is 276 g/mol. The highest BCUT2D eigenvalue weighted by Crippen LogP contribution is 2.36. The standard InChI is InChI=1S/C18H24N2O2/c1-13(2)16-12-18(22-19-16)8-10-20(11-9-18)17(21)15-6-4-14(3)5-7-15/h4-7,13H,8-12H2,1-3H3. The van der Waals surface area contributed by atoms with Crippen molar-refractivity contribution in [1.82, 2.24) is 4.90 Å². The Bertz CT molecular complexity index is 582. The average Bonchev–Trinajstić information content (AvgIpc) is 2.92. The van der Waals surface area contributed by atoms with Crippen molar-refractivity contribution in [2.75, 3.05) is 13.1 Å². The first-order chi connectivity index (χ1) is 10.5. The minimum atomic E-state index is -0.163. The van der Waals surface area contributed by atoms with Gasteiger partial charge in [0.05, 0.1) is 5.71 Å². The molecule has 2 heterocycles. The Hall–Kier alpha value is -1.84. The fourth-order valence-electron chi connectivity index (χ4n) is 3.12. The number of hydrogen-bond acceptors (Lipinski definition) is 3. The molecule has 0 saturated carbocycles. The van der Waals surface area contributed by atoms with Crippen molar-refractivity contribution in [3.05, 3.63) is 35.4 Å². The predicted molar refractivity (Wildman–Crippen MR) is 87.0 cm³/mol. The van der Waals surface area contributed by atoms with E-state index in [-0.39, 0.29) is 11.5 Å². The molecule has 22 heavy (non-hydrogen) atoms. The molecule has 2 aliphatic heterocycles. The molecule has 1 amide bonds. The number of carbonyl (C=O) groups excluding carboxylic acids is 1. The summed E-state index contributed by atoms with van der Waals surface area (Å²) in [5.74, 6) is 0.560. The van der Waals surface area contributed by atoms with Crippen LogP contribution in [0, 0.1) is 12.8 Å². The number of hydrogen-bond donors (Lipinski definition) is 0. The van der Waals surface area contributed by atoms with E-state index < -0.39 is 0 Å². The summed E-state index contributed by atoms with van der Waals surface area (Å²) < 4.78 is 0. The van der Waals surface area contributed by atoms with E-state index in [1.54, 1.807) is 0 Å². The Balaban J connectivity index is 1.60. The van der Waals surface area contributed by atoms with Crippen LogP contribution in [0.4, 0.5) is 0 Å². The molecule has 4 heteroatoms. The van der Waals surface area contributed by atoms with Crippen LogP contribution in [-0.2, 0) is 4.84 Å². The van der Waals surface area contributed by atoms with Gasteiger partial charge in [0.2, 0.25) is 0 Å². The molecule has 1 fully saturated rings. The van der Waals surface area contributed by atoms with Gasteiger partial charge in [-0.1, -0.05) is 36.7 Å². The van der Waals surface area contributed by atoms with Gasteiger partial charge in [0, 0.05) is 37.9 Å². The molecular formula is C18H24N2O2. The summed E-state index contributed by atoms with van der Waals surface area (Å²) in [7, 11) is 0. The SMILES string of the molecule is Cc1ccc(C(=O)N2CCC3(CC2)CC(C(C)C)=NO3)cc1. The van der Waals surface area contributed by atoms with E-state index in [0.29, 0.717) is 5.92 Å². The number of carbonyl (C=O) groups is 1. The molecule has 0 unspecified atom stereocenters. The summed E-state index contributed by atoms with van der Waals surface area (Å²) in [6.45, 7) is 7.82. The number of benzene rings is 1. The number of rotatable bonds is 2. The Labute approximate surface area is 132 Å². The van der Waals surface area contributed by atoms with Crippen molar-refractivity contribution in [3.63, 3.8) is 0 Å². The molecule has 0 radical (unpaired) electrons. The molecule has 3 rings (SSSR count). The summed E-state index contributed by atoms with van der Waals surface area (Å²) in [6, 6.07) is 7.80. The Morgan fingerprint density at radius 1 is 1.23 bits per heavy atom. The highest BCUT2D eigenvalue weighted by Gasteiger charge is 2.43. The van der Waals surface area contributed by atoms with Gasteiger partial charge in [0.1, 0.15) is 5.60 Å². The number of nitrogens with zero attached hydrogens (tertiary/aromatic N) is 2. The first-order valence-electron chi connectivity index (χ1n) is 8.10. The second-order valence-electron chi connectivity index (χ2n) is 6.85. The van der Waals surface area contributed by atoms with Crippen LogP contribution >= 0.6 is 0 Å². The van der Waals surface area contributed by atoms with Crippen molar-refractivity contribution in [2.45, 2.75) is 45.6 Å². The van der Waals surface area contributed by atoms with Gasteiger partial charge in [-0.3, -0.25) is 4.79 Å². The van der Waals surface area contributed by atoms with Crippen LogP contribution in [0.2, 0.25) is 0 Å². The first kappa shape index (κ1) is 15.1. The molecule has 0 aliphatic carbocycles. The third-order valence-electron chi connectivity index (χ3n) is 4.79. The van der Waals surface area contributed by atoms with Crippen LogP contribution in [-0.4, -0.2) is 35.2 Å². The highest BCUT2D eigenvalue weighted by molar-refractivity contribution is 5.94.